The van der Waals surface area contributed by atoms with Gasteiger partial charge in [0.05, 0.1) is 20.7 Å². The molecule has 26 heavy (non-hydrogen) atoms. The van der Waals surface area contributed by atoms with Gasteiger partial charge in [0, 0.05) is 5.56 Å². The normalized spacial score (nSPS) is 11.5. The number of carboxylic acids is 1. The topological polar surface area (TPSA) is 115 Å². The van der Waals surface area contributed by atoms with E-state index in [-0.39, 0.29) is 15.1 Å². The van der Waals surface area contributed by atoms with Crippen molar-refractivity contribution in [1.29, 1.82) is 0 Å². The minimum atomic E-state index is -3.86. The Hall–Kier alpha value is -2.56. The average Bonchev–Trinajstić information content (AvgIpc) is 2.92. The van der Waals surface area contributed by atoms with Crippen LogP contribution in [-0.2, 0) is 10.0 Å². The maximum Gasteiger partial charge on any atom is 0.357 e. The number of aromatic nitrogens is 2. The van der Waals surface area contributed by atoms with Crippen molar-refractivity contribution in [2.24, 2.45) is 5.14 Å². The van der Waals surface area contributed by atoms with E-state index in [1.54, 1.807) is 0 Å². The first-order valence-corrected chi connectivity index (χ1v) is 9.43. The van der Waals surface area contributed by atoms with Gasteiger partial charge < -0.3 is 5.11 Å². The van der Waals surface area contributed by atoms with Crippen LogP contribution in [0.5, 0.6) is 0 Å². The highest BCUT2D eigenvalue weighted by Gasteiger charge is 2.23. The Balaban J connectivity index is 2.22. The van der Waals surface area contributed by atoms with Crippen molar-refractivity contribution in [3.63, 3.8) is 0 Å². The van der Waals surface area contributed by atoms with Gasteiger partial charge in [-0.3, -0.25) is 0 Å². The molecule has 0 atom stereocenters. The summed E-state index contributed by atoms with van der Waals surface area (Å²) in [5.74, 6) is -1.69. The van der Waals surface area contributed by atoms with Crippen LogP contribution in [0.15, 0.2) is 57.9 Å². The fourth-order valence-electron chi connectivity index (χ4n) is 2.36. The predicted molar refractivity (Wildman–Crippen MR) is 95.0 cm³/mol. The lowest BCUT2D eigenvalue weighted by atomic mass is 10.1. The van der Waals surface area contributed by atoms with Gasteiger partial charge in [-0.25, -0.2) is 27.4 Å². The Bertz CT molecular complexity index is 1090. The summed E-state index contributed by atoms with van der Waals surface area (Å²) in [5.41, 5.74) is 1.07. The van der Waals surface area contributed by atoms with E-state index in [2.05, 4.69) is 21.0 Å². The number of nitrogens with zero attached hydrogens (tertiary/aromatic N) is 2. The van der Waals surface area contributed by atoms with Crippen LogP contribution in [0.3, 0.4) is 0 Å². The summed E-state index contributed by atoms with van der Waals surface area (Å²) in [5, 5.41) is 18.5. The standard InChI is InChI=1S/C16H11BrFN3O4S/c17-13-14(16(22)23)20-21(15(13)9-1-3-10(18)4-2-9)11-5-7-12(8-6-11)26(19,24)25/h1-8H,(H,22,23)(H2,19,24,25). The Labute approximate surface area is 156 Å². The molecule has 3 aromatic rings. The molecule has 0 fully saturated rings. The lowest BCUT2D eigenvalue weighted by Crippen LogP contribution is -2.12. The van der Waals surface area contributed by atoms with Crippen LogP contribution in [0.25, 0.3) is 16.9 Å². The minimum absolute atomic E-state index is 0.0886. The van der Waals surface area contributed by atoms with Gasteiger partial charge in [-0.2, -0.15) is 5.10 Å². The van der Waals surface area contributed by atoms with Crippen LogP contribution in [-0.4, -0.2) is 29.3 Å². The molecule has 3 rings (SSSR count). The van der Waals surface area contributed by atoms with Gasteiger partial charge in [0.2, 0.25) is 10.0 Å². The molecule has 1 aromatic heterocycles. The highest BCUT2D eigenvalue weighted by molar-refractivity contribution is 9.10. The van der Waals surface area contributed by atoms with Crippen LogP contribution >= 0.6 is 15.9 Å². The van der Waals surface area contributed by atoms with Crippen molar-refractivity contribution in [2.75, 3.05) is 0 Å². The third kappa shape index (κ3) is 3.39. The van der Waals surface area contributed by atoms with E-state index < -0.39 is 21.8 Å². The smallest absolute Gasteiger partial charge is 0.357 e. The molecule has 134 valence electrons. The molecule has 0 radical (unpaired) electrons. The fourth-order valence-corrected chi connectivity index (χ4v) is 3.52. The first-order chi connectivity index (χ1) is 12.2. The highest BCUT2D eigenvalue weighted by Crippen LogP contribution is 2.33. The summed E-state index contributed by atoms with van der Waals surface area (Å²) in [6.07, 6.45) is 0. The third-order valence-corrected chi connectivity index (χ3v) is 5.24. The predicted octanol–water partition coefficient (Wildman–Crippen LogP) is 2.79. The zero-order chi connectivity index (χ0) is 19.1. The number of sulfonamides is 1. The summed E-state index contributed by atoms with van der Waals surface area (Å²) >= 11 is 3.23. The van der Waals surface area contributed by atoms with Crippen LogP contribution in [0, 0.1) is 5.82 Å². The molecule has 3 N–H and O–H groups in total. The Morgan fingerprint density at radius 2 is 1.69 bits per heavy atom. The van der Waals surface area contributed by atoms with Gasteiger partial charge in [-0.15, -0.1) is 0 Å². The van der Waals surface area contributed by atoms with Gasteiger partial charge in [0.15, 0.2) is 5.69 Å². The van der Waals surface area contributed by atoms with Crippen molar-refractivity contribution < 1.29 is 22.7 Å². The quantitative estimate of drug-likeness (QED) is 0.648. The SMILES string of the molecule is NS(=O)(=O)c1ccc(-n2nc(C(=O)O)c(Br)c2-c2ccc(F)cc2)cc1. The third-order valence-electron chi connectivity index (χ3n) is 3.56. The second kappa shape index (κ2) is 6.63. The molecule has 0 saturated heterocycles. The second-order valence-corrected chi connectivity index (χ2v) is 7.63. The molecule has 0 amide bonds. The highest BCUT2D eigenvalue weighted by atomic mass is 79.9. The molecule has 0 aliphatic rings. The summed E-state index contributed by atoms with van der Waals surface area (Å²) in [7, 11) is -3.86. The van der Waals surface area contributed by atoms with Crippen LogP contribution in [0.2, 0.25) is 0 Å². The number of nitrogens with two attached hydrogens (primary N) is 1. The maximum absolute atomic E-state index is 13.2. The number of primary sulfonamides is 1. The van der Waals surface area contributed by atoms with Gasteiger partial charge in [0.25, 0.3) is 0 Å². The molecule has 10 heteroatoms. The Morgan fingerprint density at radius 1 is 1.12 bits per heavy atom. The summed E-state index contributed by atoms with van der Waals surface area (Å²) in [6.45, 7) is 0. The van der Waals surface area contributed by atoms with Crippen LogP contribution in [0.1, 0.15) is 10.5 Å². The molecule has 0 saturated carbocycles. The molecule has 7 nitrogen and oxygen atoms in total. The van der Waals surface area contributed by atoms with E-state index in [9.17, 15) is 22.7 Å². The van der Waals surface area contributed by atoms with Crippen LogP contribution in [0.4, 0.5) is 4.39 Å². The number of rotatable bonds is 4. The van der Waals surface area contributed by atoms with Crippen molar-refractivity contribution >= 4 is 31.9 Å². The van der Waals surface area contributed by atoms with E-state index in [4.69, 9.17) is 5.14 Å². The first-order valence-electron chi connectivity index (χ1n) is 7.09. The maximum atomic E-state index is 13.2. The zero-order valence-electron chi connectivity index (χ0n) is 12.9. The molecule has 0 aliphatic heterocycles. The molecule has 1 heterocycles. The number of aromatic carboxylic acids is 1. The fraction of sp³-hybridized carbons (Fsp3) is 0. The summed E-state index contributed by atoms with van der Waals surface area (Å²) in [6, 6.07) is 10.9. The number of hydrogen-bond donors (Lipinski definition) is 2. The molecule has 2 aromatic carbocycles. The second-order valence-electron chi connectivity index (χ2n) is 5.27. The molecule has 0 aliphatic carbocycles. The molecular weight excluding hydrogens is 429 g/mol. The summed E-state index contributed by atoms with van der Waals surface area (Å²) in [4.78, 5) is 11.3. The van der Waals surface area contributed by atoms with Gasteiger partial charge in [-0.05, 0) is 64.5 Å². The van der Waals surface area contributed by atoms with Gasteiger partial charge in [-0.1, -0.05) is 0 Å². The van der Waals surface area contributed by atoms with Gasteiger partial charge in [0.1, 0.15) is 5.82 Å². The van der Waals surface area contributed by atoms with Gasteiger partial charge >= 0.3 is 5.97 Å². The lowest BCUT2D eigenvalue weighted by Gasteiger charge is -2.09. The van der Waals surface area contributed by atoms with E-state index in [1.807, 2.05) is 0 Å². The molecule has 0 spiro atoms. The van der Waals surface area contributed by atoms with Crippen LogP contribution < -0.4 is 5.14 Å². The zero-order valence-corrected chi connectivity index (χ0v) is 15.3. The van der Waals surface area contributed by atoms with Crippen molar-refractivity contribution in [3.05, 3.63) is 64.5 Å². The van der Waals surface area contributed by atoms with E-state index >= 15 is 0 Å². The summed E-state index contributed by atoms with van der Waals surface area (Å²) < 4.78 is 37.5. The van der Waals surface area contributed by atoms with E-state index in [1.165, 1.54) is 53.2 Å². The van der Waals surface area contributed by atoms with E-state index in [0.717, 1.165) is 0 Å². The van der Waals surface area contributed by atoms with E-state index in [0.29, 0.717) is 16.9 Å². The number of benzene rings is 2. The monoisotopic (exact) mass is 439 g/mol. The largest absolute Gasteiger partial charge is 0.476 e. The Morgan fingerprint density at radius 3 is 2.19 bits per heavy atom. The molecule has 0 unspecified atom stereocenters. The first kappa shape index (κ1) is 18.2. The Kier molecular flexibility index (Phi) is 4.65. The number of hydrogen-bond acceptors (Lipinski definition) is 4. The lowest BCUT2D eigenvalue weighted by molar-refractivity contribution is 0.0689. The minimum Gasteiger partial charge on any atom is -0.476 e. The van der Waals surface area contributed by atoms with Crippen molar-refractivity contribution in [1.82, 2.24) is 9.78 Å². The molecule has 0 bridgehead atoms. The van der Waals surface area contributed by atoms with Crippen molar-refractivity contribution in [3.8, 4) is 16.9 Å². The number of halogens is 2. The average molecular weight is 440 g/mol. The molecular formula is C16H11BrFN3O4S. The number of carbonyl (C=O) groups is 1. The number of carboxylic acid groups (broad SMARTS) is 1. The van der Waals surface area contributed by atoms with Crippen molar-refractivity contribution in [2.45, 2.75) is 4.90 Å².